The second-order valence-electron chi connectivity index (χ2n) is 16.2. The molecule has 0 spiro atoms. The van der Waals surface area contributed by atoms with Crippen LogP contribution in [-0.4, -0.2) is 34.7 Å². The number of ketones is 6. The third-order valence-corrected chi connectivity index (χ3v) is 14.0. The van der Waals surface area contributed by atoms with Gasteiger partial charge in [-0.2, -0.15) is 0 Å². The summed E-state index contributed by atoms with van der Waals surface area (Å²) in [5.74, 6) is -0.769. The van der Waals surface area contributed by atoms with Crippen LogP contribution in [0.5, 0.6) is 0 Å². The number of carbonyl (C=O) groups is 6. The molecule has 0 N–H and O–H groups in total. The Morgan fingerprint density at radius 1 is 0.350 bits per heavy atom. The summed E-state index contributed by atoms with van der Waals surface area (Å²) in [6, 6.07) is 0. The number of Topliss-reactive ketones (excluding diaryl/α,β-unsaturated/α-hetero) is 6. The van der Waals surface area contributed by atoms with Crippen LogP contribution in [-0.2, 0) is 28.8 Å². The number of rotatable bonds is 15. The van der Waals surface area contributed by atoms with Crippen molar-refractivity contribution in [2.75, 3.05) is 0 Å². The molecule has 0 atom stereocenters. The van der Waals surface area contributed by atoms with Gasteiger partial charge in [-0.25, -0.2) is 0 Å². The first-order chi connectivity index (χ1) is 17.4. The van der Waals surface area contributed by atoms with Gasteiger partial charge in [-0.1, -0.05) is 0 Å². The van der Waals surface area contributed by atoms with Gasteiger partial charge in [0.15, 0.2) is 0 Å². The molecule has 0 aromatic carbocycles. The maximum atomic E-state index is 13.3. The van der Waals surface area contributed by atoms with E-state index in [4.69, 9.17) is 0 Å². The summed E-state index contributed by atoms with van der Waals surface area (Å²) in [5, 5.41) is 0. The van der Waals surface area contributed by atoms with Crippen LogP contribution in [0.2, 0.25) is 3.54 Å². The molecule has 0 aliphatic rings. The Balaban J connectivity index is 6.21. The molecule has 0 bridgehead atoms. The van der Waals surface area contributed by atoms with E-state index in [1.165, 1.54) is 0 Å². The summed E-state index contributed by atoms with van der Waals surface area (Å²) < 4.78 is 1.48. The first kappa shape index (κ1) is 39.5. The monoisotopic (exact) mass is 723 g/mol. The summed E-state index contributed by atoms with van der Waals surface area (Å²) >= 11 is -1.80. The molecule has 0 aromatic rings. The molecule has 7 heteroatoms. The summed E-state index contributed by atoms with van der Waals surface area (Å²) in [7, 11) is 0. The van der Waals surface area contributed by atoms with Crippen molar-refractivity contribution in [1.29, 1.82) is 0 Å². The van der Waals surface area contributed by atoms with E-state index < -0.39 is 72.6 Å². The van der Waals surface area contributed by atoms with Gasteiger partial charge in [0.25, 0.3) is 0 Å². The summed E-state index contributed by atoms with van der Waals surface area (Å²) in [6.07, 6.45) is -0.460. The van der Waals surface area contributed by atoms with Gasteiger partial charge < -0.3 is 0 Å². The van der Waals surface area contributed by atoms with Gasteiger partial charge in [-0.3, -0.25) is 0 Å². The van der Waals surface area contributed by atoms with E-state index in [9.17, 15) is 28.8 Å². The SMILES string of the molecule is CC(C)(C)C(=O)CC(=O)C(C)(C)[CH2][Yb]([CH2]C(C)(C)C(=O)CC(=O)C(C)(C)C)[CH2]C(C)(C)C(=O)CC(=O)C(C)(C)C. The molecule has 0 aliphatic heterocycles. The van der Waals surface area contributed by atoms with Crippen molar-refractivity contribution in [3.05, 3.63) is 0 Å². The fourth-order valence-electron chi connectivity index (χ4n) is 3.21. The molecule has 239 valence electrons. The zero-order valence-corrected chi connectivity index (χ0v) is 29.7. The van der Waals surface area contributed by atoms with Crippen LogP contribution >= 0.6 is 0 Å². The molecule has 6 nitrogen and oxygen atoms in total. The van der Waals surface area contributed by atoms with Crippen molar-refractivity contribution in [2.45, 2.75) is 127 Å². The van der Waals surface area contributed by atoms with Crippen LogP contribution in [0.15, 0.2) is 0 Å². The van der Waals surface area contributed by atoms with E-state index in [0.717, 1.165) is 0 Å². The number of hydrogen-bond acceptors (Lipinski definition) is 6. The first-order valence-corrected chi connectivity index (χ1v) is 17.6. The molecule has 0 radical (unpaired) electrons. The van der Waals surface area contributed by atoms with Crippen LogP contribution in [0.4, 0.5) is 0 Å². The molecule has 0 amide bonds. The van der Waals surface area contributed by atoms with E-state index in [-0.39, 0.29) is 54.0 Å². The average Bonchev–Trinajstić information content (AvgIpc) is 2.70. The van der Waals surface area contributed by atoms with Crippen LogP contribution in [0.1, 0.15) is 123 Å². The molecule has 0 rings (SSSR count). The van der Waals surface area contributed by atoms with Gasteiger partial charge >= 0.3 is 263 Å². The van der Waals surface area contributed by atoms with Crippen LogP contribution in [0.3, 0.4) is 0 Å². The van der Waals surface area contributed by atoms with Gasteiger partial charge in [-0.05, 0) is 0 Å². The Hall–Kier alpha value is -0.461. The van der Waals surface area contributed by atoms with Gasteiger partial charge in [0, 0.05) is 0 Å². The van der Waals surface area contributed by atoms with E-state index in [2.05, 4.69) is 0 Å². The Labute approximate surface area is 260 Å². The van der Waals surface area contributed by atoms with Crippen LogP contribution in [0, 0.1) is 72.6 Å². The molecule has 0 aromatic heterocycles. The molecular formula is C33H57O6Yb. The van der Waals surface area contributed by atoms with Crippen molar-refractivity contribution in [3.63, 3.8) is 0 Å². The summed E-state index contributed by atoms with van der Waals surface area (Å²) in [5.41, 5.74) is -4.31. The van der Waals surface area contributed by atoms with Crippen molar-refractivity contribution in [2.24, 2.45) is 32.5 Å². The summed E-state index contributed by atoms with van der Waals surface area (Å²) in [6.45, 7) is 27.2. The Morgan fingerprint density at radius 3 is 0.675 bits per heavy atom. The predicted molar refractivity (Wildman–Crippen MR) is 158 cm³/mol. The zero-order chi connectivity index (χ0) is 32.3. The maximum absolute atomic E-state index is 13.3. The van der Waals surface area contributed by atoms with E-state index in [0.29, 0.717) is 3.54 Å². The van der Waals surface area contributed by atoms with Crippen molar-refractivity contribution in [1.82, 2.24) is 0 Å². The molecule has 40 heavy (non-hydrogen) atoms. The average molecular weight is 723 g/mol. The molecule has 0 saturated heterocycles. The van der Waals surface area contributed by atoms with Crippen molar-refractivity contribution < 1.29 is 68.9 Å². The number of carbonyl (C=O) groups excluding carboxylic acids is 6. The third kappa shape index (κ3) is 12.8. The first-order valence-electron chi connectivity index (χ1n) is 14.0. The summed E-state index contributed by atoms with van der Waals surface area (Å²) in [4.78, 5) is 78.0. The number of hydrogen-bond donors (Lipinski definition) is 0. The van der Waals surface area contributed by atoms with E-state index in [1.54, 1.807) is 62.3 Å². The molecule has 0 saturated carbocycles. The standard InChI is InChI=1S/3C11H19O2.Yb/c3*1-10(2,3)8(12)7-9(13)11(4,5)6;/h3*1,7H2,2-6H3;. The van der Waals surface area contributed by atoms with Crippen molar-refractivity contribution >= 4 is 34.7 Å². The van der Waals surface area contributed by atoms with Gasteiger partial charge in [0.1, 0.15) is 0 Å². The topological polar surface area (TPSA) is 102 Å². The Bertz CT molecular complexity index is 865. The molecule has 0 unspecified atom stereocenters. The second-order valence-corrected chi connectivity index (χ2v) is 20.5. The molecule has 0 fully saturated rings. The van der Waals surface area contributed by atoms with Crippen LogP contribution in [0.25, 0.3) is 0 Å². The van der Waals surface area contributed by atoms with Crippen LogP contribution < -0.4 is 0 Å². The quantitative estimate of drug-likeness (QED) is 0.161. The fourth-order valence-corrected chi connectivity index (χ4v) is 11.3. The molecule has 0 heterocycles. The minimum absolute atomic E-state index is 0.117. The second kappa shape index (κ2) is 13.9. The van der Waals surface area contributed by atoms with Gasteiger partial charge in [0.2, 0.25) is 0 Å². The normalized spacial score (nSPS) is 14.0. The minimum atomic E-state index is -1.80. The van der Waals surface area contributed by atoms with E-state index >= 15 is 0 Å². The Morgan fingerprint density at radius 2 is 0.525 bits per heavy atom. The van der Waals surface area contributed by atoms with E-state index in [1.807, 2.05) is 41.5 Å². The molecular weight excluding hydrogens is 665 g/mol. The Kier molecular flexibility index (Phi) is 13.7. The third-order valence-electron chi connectivity index (χ3n) is 6.85. The van der Waals surface area contributed by atoms with Gasteiger partial charge in [-0.15, -0.1) is 0 Å². The predicted octanol–water partition coefficient (Wildman–Crippen LogP) is 7.66. The van der Waals surface area contributed by atoms with Gasteiger partial charge in [0.05, 0.1) is 0 Å². The molecule has 0 aliphatic carbocycles. The van der Waals surface area contributed by atoms with Crippen molar-refractivity contribution in [3.8, 4) is 0 Å². The zero-order valence-electron chi connectivity index (χ0n) is 28.0. The fraction of sp³-hybridized carbons (Fsp3) is 0.818.